The van der Waals surface area contributed by atoms with E-state index in [2.05, 4.69) is 12.2 Å². The van der Waals surface area contributed by atoms with Gasteiger partial charge in [0, 0.05) is 10.6 Å². The van der Waals surface area contributed by atoms with Gasteiger partial charge >= 0.3 is 0 Å². The number of hydrogen-bond acceptors (Lipinski definition) is 6. The standard InChI is InChI=1S/C23H21N3O3S2/c1-3-18-13-19-21(31-18)25-23(26(22(19)28)16-7-5-4-6-8-16)30-14-20(27)24-15-9-11-17(29-2)12-10-15/h4-13H,3,14H2,1-2H3,(H,24,27). The van der Waals surface area contributed by atoms with E-state index >= 15 is 0 Å². The van der Waals surface area contributed by atoms with Gasteiger partial charge in [-0.25, -0.2) is 4.98 Å². The van der Waals surface area contributed by atoms with Gasteiger partial charge in [-0.3, -0.25) is 14.2 Å². The van der Waals surface area contributed by atoms with E-state index in [-0.39, 0.29) is 17.2 Å². The summed E-state index contributed by atoms with van der Waals surface area (Å²) in [5.41, 5.74) is 1.29. The van der Waals surface area contributed by atoms with Crippen LogP contribution in [-0.4, -0.2) is 28.3 Å². The normalized spacial score (nSPS) is 10.9. The molecule has 0 unspecified atom stereocenters. The number of anilines is 1. The molecule has 1 N–H and O–H groups in total. The van der Waals surface area contributed by atoms with Crippen molar-refractivity contribution in [3.8, 4) is 11.4 Å². The molecular weight excluding hydrogens is 430 g/mol. The molecule has 0 saturated heterocycles. The first-order valence-corrected chi connectivity index (χ1v) is 11.6. The molecule has 2 aromatic heterocycles. The minimum atomic E-state index is -0.176. The van der Waals surface area contributed by atoms with Gasteiger partial charge in [0.05, 0.1) is 23.9 Å². The third kappa shape index (κ3) is 4.65. The van der Waals surface area contributed by atoms with E-state index in [4.69, 9.17) is 9.72 Å². The number of amides is 1. The molecule has 158 valence electrons. The fourth-order valence-corrected chi connectivity index (χ4v) is 4.91. The third-order valence-electron chi connectivity index (χ3n) is 4.65. The van der Waals surface area contributed by atoms with Crippen LogP contribution in [0.25, 0.3) is 15.9 Å². The summed E-state index contributed by atoms with van der Waals surface area (Å²) in [6.45, 7) is 2.06. The summed E-state index contributed by atoms with van der Waals surface area (Å²) >= 11 is 2.76. The number of nitrogens with one attached hydrogen (secondary N) is 1. The molecule has 8 heteroatoms. The fraction of sp³-hybridized carbons (Fsp3) is 0.174. The van der Waals surface area contributed by atoms with Crippen LogP contribution in [0.15, 0.2) is 70.6 Å². The monoisotopic (exact) mass is 451 g/mol. The highest BCUT2D eigenvalue weighted by atomic mass is 32.2. The highest BCUT2D eigenvalue weighted by Gasteiger charge is 2.17. The maximum absolute atomic E-state index is 13.3. The second-order valence-corrected chi connectivity index (χ2v) is 8.78. The lowest BCUT2D eigenvalue weighted by Crippen LogP contribution is -2.22. The van der Waals surface area contributed by atoms with Crippen LogP contribution in [-0.2, 0) is 11.2 Å². The summed E-state index contributed by atoms with van der Waals surface area (Å²) in [6.07, 6.45) is 0.846. The summed E-state index contributed by atoms with van der Waals surface area (Å²) in [4.78, 5) is 32.3. The largest absolute Gasteiger partial charge is 0.497 e. The number of carbonyl (C=O) groups excluding carboxylic acids is 1. The smallest absolute Gasteiger partial charge is 0.267 e. The highest BCUT2D eigenvalue weighted by molar-refractivity contribution is 7.99. The summed E-state index contributed by atoms with van der Waals surface area (Å²) < 4.78 is 6.72. The van der Waals surface area contributed by atoms with Crippen LogP contribution in [0, 0.1) is 0 Å². The van der Waals surface area contributed by atoms with Crippen LogP contribution in [0.4, 0.5) is 5.69 Å². The van der Waals surface area contributed by atoms with Gasteiger partial charge in [0.1, 0.15) is 10.6 Å². The van der Waals surface area contributed by atoms with Crippen molar-refractivity contribution in [2.75, 3.05) is 18.2 Å². The van der Waals surface area contributed by atoms with Crippen molar-refractivity contribution in [2.24, 2.45) is 0 Å². The first-order valence-electron chi connectivity index (χ1n) is 9.76. The predicted molar refractivity (Wildman–Crippen MR) is 127 cm³/mol. The molecule has 0 atom stereocenters. The van der Waals surface area contributed by atoms with Gasteiger partial charge in [-0.2, -0.15) is 0 Å². The van der Waals surface area contributed by atoms with Crippen molar-refractivity contribution < 1.29 is 9.53 Å². The molecule has 31 heavy (non-hydrogen) atoms. The number of para-hydroxylation sites is 1. The number of rotatable bonds is 7. The Morgan fingerprint density at radius 1 is 1.16 bits per heavy atom. The van der Waals surface area contributed by atoms with Gasteiger partial charge in [0.2, 0.25) is 5.91 Å². The van der Waals surface area contributed by atoms with Gasteiger partial charge in [0.15, 0.2) is 5.16 Å². The van der Waals surface area contributed by atoms with E-state index in [9.17, 15) is 9.59 Å². The molecular formula is C23H21N3O3S2. The number of thioether (sulfide) groups is 1. The molecule has 2 aromatic carbocycles. The molecule has 6 nitrogen and oxygen atoms in total. The molecule has 0 radical (unpaired) electrons. The Labute approximate surface area is 187 Å². The van der Waals surface area contributed by atoms with Crippen LogP contribution >= 0.6 is 23.1 Å². The first-order chi connectivity index (χ1) is 15.1. The number of hydrogen-bond donors (Lipinski definition) is 1. The van der Waals surface area contributed by atoms with E-state index in [0.29, 0.717) is 21.1 Å². The number of aromatic nitrogens is 2. The zero-order chi connectivity index (χ0) is 21.8. The molecule has 0 aliphatic heterocycles. The van der Waals surface area contributed by atoms with Gasteiger partial charge in [0.25, 0.3) is 5.56 Å². The van der Waals surface area contributed by atoms with Gasteiger partial charge < -0.3 is 10.1 Å². The number of carbonyl (C=O) groups is 1. The molecule has 2 heterocycles. The van der Waals surface area contributed by atoms with Crippen molar-refractivity contribution in [3.05, 3.63) is 75.9 Å². The maximum atomic E-state index is 13.3. The molecule has 4 aromatic rings. The molecule has 0 aliphatic carbocycles. The molecule has 0 saturated carbocycles. The molecule has 0 bridgehead atoms. The number of aryl methyl sites for hydroxylation is 1. The molecule has 0 aliphatic rings. The van der Waals surface area contributed by atoms with Crippen molar-refractivity contribution in [2.45, 2.75) is 18.5 Å². The zero-order valence-electron chi connectivity index (χ0n) is 17.1. The van der Waals surface area contributed by atoms with Crippen LogP contribution < -0.4 is 15.6 Å². The van der Waals surface area contributed by atoms with Crippen molar-refractivity contribution in [3.63, 3.8) is 0 Å². The lowest BCUT2D eigenvalue weighted by molar-refractivity contribution is -0.113. The Hall–Kier alpha value is -3.10. The second kappa shape index (κ2) is 9.36. The van der Waals surface area contributed by atoms with Gasteiger partial charge in [-0.1, -0.05) is 36.9 Å². The Morgan fingerprint density at radius 2 is 1.90 bits per heavy atom. The molecule has 4 rings (SSSR count). The van der Waals surface area contributed by atoms with Gasteiger partial charge in [-0.05, 0) is 48.9 Å². The van der Waals surface area contributed by atoms with E-state index in [0.717, 1.165) is 22.7 Å². The van der Waals surface area contributed by atoms with Crippen LogP contribution in [0.1, 0.15) is 11.8 Å². The van der Waals surface area contributed by atoms with E-state index in [1.165, 1.54) is 23.1 Å². The fourth-order valence-electron chi connectivity index (χ4n) is 3.09. The van der Waals surface area contributed by atoms with E-state index < -0.39 is 0 Å². The molecule has 0 fully saturated rings. The minimum Gasteiger partial charge on any atom is -0.497 e. The number of ether oxygens (including phenoxy) is 1. The lowest BCUT2D eigenvalue weighted by Gasteiger charge is -2.12. The summed E-state index contributed by atoms with van der Waals surface area (Å²) in [5.74, 6) is 0.673. The Balaban J connectivity index is 1.62. The number of fused-ring (bicyclic) bond motifs is 1. The Bertz CT molecular complexity index is 1270. The molecule has 0 spiro atoms. The van der Waals surface area contributed by atoms with Gasteiger partial charge in [-0.15, -0.1) is 11.3 Å². The number of methoxy groups -OCH3 is 1. The minimum absolute atomic E-state index is 0.120. The topological polar surface area (TPSA) is 73.2 Å². The average Bonchev–Trinajstić information content (AvgIpc) is 3.22. The average molecular weight is 452 g/mol. The Morgan fingerprint density at radius 3 is 2.58 bits per heavy atom. The first kappa shape index (κ1) is 21.1. The third-order valence-corrected chi connectivity index (χ3v) is 6.77. The number of nitrogens with zero attached hydrogens (tertiary/aromatic N) is 2. The number of benzene rings is 2. The summed E-state index contributed by atoms with van der Waals surface area (Å²) in [6, 6.07) is 18.4. The summed E-state index contributed by atoms with van der Waals surface area (Å²) in [7, 11) is 1.59. The van der Waals surface area contributed by atoms with Crippen LogP contribution in [0.3, 0.4) is 0 Å². The van der Waals surface area contributed by atoms with Crippen LogP contribution in [0.2, 0.25) is 0 Å². The molecule has 1 amide bonds. The highest BCUT2D eigenvalue weighted by Crippen LogP contribution is 2.27. The van der Waals surface area contributed by atoms with Crippen molar-refractivity contribution in [1.29, 1.82) is 0 Å². The van der Waals surface area contributed by atoms with E-state index in [1.807, 2.05) is 36.4 Å². The quantitative estimate of drug-likeness (QED) is 0.324. The van der Waals surface area contributed by atoms with Crippen molar-refractivity contribution >= 4 is 44.9 Å². The summed E-state index contributed by atoms with van der Waals surface area (Å²) in [5, 5.41) is 3.97. The lowest BCUT2D eigenvalue weighted by atomic mass is 10.3. The van der Waals surface area contributed by atoms with Crippen molar-refractivity contribution in [1.82, 2.24) is 9.55 Å². The Kier molecular flexibility index (Phi) is 6.39. The zero-order valence-corrected chi connectivity index (χ0v) is 18.8. The second-order valence-electron chi connectivity index (χ2n) is 6.72. The SMILES string of the molecule is CCc1cc2c(=O)n(-c3ccccc3)c(SCC(=O)Nc3ccc(OC)cc3)nc2s1. The van der Waals surface area contributed by atoms with E-state index in [1.54, 1.807) is 35.9 Å². The predicted octanol–water partition coefficient (Wildman–Crippen LogP) is 4.75. The number of thiophene rings is 1. The van der Waals surface area contributed by atoms with Crippen LogP contribution in [0.5, 0.6) is 5.75 Å². The maximum Gasteiger partial charge on any atom is 0.267 e.